The van der Waals surface area contributed by atoms with E-state index in [1.165, 1.54) is 0 Å². The summed E-state index contributed by atoms with van der Waals surface area (Å²) in [5.41, 5.74) is 3.37. The third-order valence-electron chi connectivity index (χ3n) is 3.06. The SMILES string of the molecule is CNc1cc(C)c(S(=O)(=O)NCc2ccsc2)c(C)c1. The maximum atomic E-state index is 12.4. The Morgan fingerprint density at radius 3 is 2.35 bits per heavy atom. The molecule has 0 spiro atoms. The fourth-order valence-electron chi connectivity index (χ4n) is 2.16. The second-order valence-corrected chi connectivity index (χ2v) is 7.13. The van der Waals surface area contributed by atoms with Crippen LogP contribution in [0.25, 0.3) is 0 Å². The minimum absolute atomic E-state index is 0.318. The predicted molar refractivity (Wildman–Crippen MR) is 83.8 cm³/mol. The number of hydrogen-bond donors (Lipinski definition) is 2. The van der Waals surface area contributed by atoms with E-state index in [1.807, 2.05) is 49.9 Å². The summed E-state index contributed by atoms with van der Waals surface area (Å²) >= 11 is 1.55. The molecular formula is C14H18N2O2S2. The van der Waals surface area contributed by atoms with E-state index in [2.05, 4.69) is 10.0 Å². The Morgan fingerprint density at radius 1 is 1.20 bits per heavy atom. The van der Waals surface area contributed by atoms with Crippen LogP contribution in [0.3, 0.4) is 0 Å². The highest BCUT2D eigenvalue weighted by molar-refractivity contribution is 7.89. The van der Waals surface area contributed by atoms with Crippen LogP contribution in [-0.2, 0) is 16.6 Å². The van der Waals surface area contributed by atoms with Crippen molar-refractivity contribution in [3.05, 3.63) is 45.6 Å². The van der Waals surface area contributed by atoms with Gasteiger partial charge in [-0.3, -0.25) is 0 Å². The first-order valence-corrected chi connectivity index (χ1v) is 8.66. The fraction of sp³-hybridized carbons (Fsp3) is 0.286. The predicted octanol–water partition coefficient (Wildman–Crippen LogP) is 2.89. The number of hydrogen-bond acceptors (Lipinski definition) is 4. The summed E-state index contributed by atoms with van der Waals surface area (Å²) in [7, 11) is -1.68. The second kappa shape index (κ2) is 5.95. The molecule has 2 rings (SSSR count). The molecule has 1 aromatic carbocycles. The van der Waals surface area contributed by atoms with Gasteiger partial charge in [-0.2, -0.15) is 11.3 Å². The van der Waals surface area contributed by atoms with Crippen molar-refractivity contribution in [2.45, 2.75) is 25.3 Å². The molecule has 6 heteroatoms. The van der Waals surface area contributed by atoms with Gasteiger partial charge in [-0.1, -0.05) is 0 Å². The zero-order valence-electron chi connectivity index (χ0n) is 11.7. The van der Waals surface area contributed by atoms with Crippen molar-refractivity contribution in [1.29, 1.82) is 0 Å². The topological polar surface area (TPSA) is 58.2 Å². The molecule has 0 fully saturated rings. The number of sulfonamides is 1. The van der Waals surface area contributed by atoms with Crippen LogP contribution in [0.15, 0.2) is 33.9 Å². The number of anilines is 1. The molecule has 1 heterocycles. The van der Waals surface area contributed by atoms with E-state index in [-0.39, 0.29) is 0 Å². The lowest BCUT2D eigenvalue weighted by Crippen LogP contribution is -2.24. The Labute approximate surface area is 123 Å². The zero-order valence-corrected chi connectivity index (χ0v) is 13.4. The maximum absolute atomic E-state index is 12.4. The van der Waals surface area contributed by atoms with Crippen LogP contribution in [0.1, 0.15) is 16.7 Å². The molecular weight excluding hydrogens is 292 g/mol. The Kier molecular flexibility index (Phi) is 4.47. The van der Waals surface area contributed by atoms with Crippen LogP contribution in [0, 0.1) is 13.8 Å². The van der Waals surface area contributed by atoms with Crippen LogP contribution in [0.4, 0.5) is 5.69 Å². The fourth-order valence-corrected chi connectivity index (χ4v) is 4.30. The summed E-state index contributed by atoms with van der Waals surface area (Å²) in [6.07, 6.45) is 0. The molecule has 108 valence electrons. The highest BCUT2D eigenvalue weighted by atomic mass is 32.2. The van der Waals surface area contributed by atoms with E-state index < -0.39 is 10.0 Å². The minimum Gasteiger partial charge on any atom is -0.388 e. The van der Waals surface area contributed by atoms with Gasteiger partial charge < -0.3 is 5.32 Å². The van der Waals surface area contributed by atoms with Gasteiger partial charge in [0.1, 0.15) is 0 Å². The lowest BCUT2D eigenvalue weighted by molar-refractivity contribution is 0.580. The summed E-state index contributed by atoms with van der Waals surface area (Å²) in [6.45, 7) is 3.94. The lowest BCUT2D eigenvalue weighted by atomic mass is 10.1. The van der Waals surface area contributed by atoms with E-state index in [4.69, 9.17) is 0 Å². The van der Waals surface area contributed by atoms with E-state index in [1.54, 1.807) is 11.3 Å². The van der Waals surface area contributed by atoms with Crippen molar-refractivity contribution in [1.82, 2.24) is 4.72 Å². The molecule has 0 saturated carbocycles. The zero-order chi connectivity index (χ0) is 14.8. The summed E-state index contributed by atoms with van der Waals surface area (Å²) in [6, 6.07) is 5.59. The number of rotatable bonds is 5. The van der Waals surface area contributed by atoms with Crippen LogP contribution in [-0.4, -0.2) is 15.5 Å². The Hall–Kier alpha value is -1.37. The van der Waals surface area contributed by atoms with Gasteiger partial charge in [-0.15, -0.1) is 0 Å². The standard InChI is InChI=1S/C14H18N2O2S2/c1-10-6-13(15-3)7-11(2)14(10)20(17,18)16-8-12-4-5-19-9-12/h4-7,9,15-16H,8H2,1-3H3. The van der Waals surface area contributed by atoms with Crippen molar-refractivity contribution < 1.29 is 8.42 Å². The van der Waals surface area contributed by atoms with Crippen molar-refractivity contribution in [3.63, 3.8) is 0 Å². The van der Waals surface area contributed by atoms with Crippen LogP contribution in [0.2, 0.25) is 0 Å². The second-order valence-electron chi connectivity index (χ2n) is 4.65. The molecule has 0 bridgehead atoms. The van der Waals surface area contributed by atoms with Crippen LogP contribution in [0.5, 0.6) is 0 Å². The van der Waals surface area contributed by atoms with E-state index in [0.29, 0.717) is 11.4 Å². The normalized spacial score (nSPS) is 11.6. The monoisotopic (exact) mass is 310 g/mol. The smallest absolute Gasteiger partial charge is 0.241 e. The molecule has 2 N–H and O–H groups in total. The maximum Gasteiger partial charge on any atom is 0.241 e. The van der Waals surface area contributed by atoms with Gasteiger partial charge >= 0.3 is 0 Å². The molecule has 0 aliphatic heterocycles. The minimum atomic E-state index is -3.50. The van der Waals surface area contributed by atoms with Crippen molar-refractivity contribution >= 4 is 27.0 Å². The first-order chi connectivity index (χ1) is 9.44. The van der Waals surface area contributed by atoms with Gasteiger partial charge in [0.05, 0.1) is 4.90 Å². The van der Waals surface area contributed by atoms with Gasteiger partial charge in [0.15, 0.2) is 0 Å². The Morgan fingerprint density at radius 2 is 1.85 bits per heavy atom. The molecule has 1 aromatic heterocycles. The Balaban J connectivity index is 2.29. The summed E-state index contributed by atoms with van der Waals surface area (Å²) in [4.78, 5) is 0.367. The summed E-state index contributed by atoms with van der Waals surface area (Å²) < 4.78 is 27.5. The molecule has 0 aliphatic carbocycles. The lowest BCUT2D eigenvalue weighted by Gasteiger charge is -2.13. The van der Waals surface area contributed by atoms with Gasteiger partial charge in [-0.05, 0) is 59.5 Å². The first-order valence-electron chi connectivity index (χ1n) is 6.24. The highest BCUT2D eigenvalue weighted by Crippen LogP contribution is 2.24. The Bertz CT molecular complexity index is 669. The van der Waals surface area contributed by atoms with E-state index in [9.17, 15) is 8.42 Å². The number of aryl methyl sites for hydroxylation is 2. The molecule has 0 amide bonds. The first kappa shape index (κ1) is 15.0. The molecule has 2 aromatic rings. The van der Waals surface area contributed by atoms with Crippen molar-refractivity contribution in [2.75, 3.05) is 12.4 Å². The van der Waals surface area contributed by atoms with E-state index >= 15 is 0 Å². The van der Waals surface area contributed by atoms with Crippen LogP contribution >= 0.6 is 11.3 Å². The average molecular weight is 310 g/mol. The molecule has 0 saturated heterocycles. The van der Waals surface area contributed by atoms with Gasteiger partial charge in [0.2, 0.25) is 10.0 Å². The third-order valence-corrected chi connectivity index (χ3v) is 5.50. The largest absolute Gasteiger partial charge is 0.388 e. The van der Waals surface area contributed by atoms with Gasteiger partial charge in [0.25, 0.3) is 0 Å². The van der Waals surface area contributed by atoms with Gasteiger partial charge in [-0.25, -0.2) is 13.1 Å². The van der Waals surface area contributed by atoms with Crippen molar-refractivity contribution in [2.24, 2.45) is 0 Å². The molecule has 0 aliphatic rings. The molecule has 0 unspecified atom stereocenters. The van der Waals surface area contributed by atoms with Crippen LogP contribution < -0.4 is 10.0 Å². The summed E-state index contributed by atoms with van der Waals surface area (Å²) in [5.74, 6) is 0. The number of thiophene rings is 1. The molecule has 0 radical (unpaired) electrons. The van der Waals surface area contributed by atoms with Gasteiger partial charge in [0, 0.05) is 19.3 Å². The quantitative estimate of drug-likeness (QED) is 0.893. The third kappa shape index (κ3) is 3.20. The number of benzene rings is 1. The highest BCUT2D eigenvalue weighted by Gasteiger charge is 2.19. The number of nitrogens with one attached hydrogen (secondary N) is 2. The molecule has 0 atom stereocenters. The summed E-state index contributed by atoms with van der Waals surface area (Å²) in [5, 5.41) is 6.90. The van der Waals surface area contributed by atoms with Crippen molar-refractivity contribution in [3.8, 4) is 0 Å². The molecule has 20 heavy (non-hydrogen) atoms. The average Bonchev–Trinajstić information content (AvgIpc) is 2.88. The molecule has 4 nitrogen and oxygen atoms in total. The van der Waals surface area contributed by atoms with E-state index in [0.717, 1.165) is 22.4 Å².